The molecule has 4 atom stereocenters. The van der Waals surface area contributed by atoms with Crippen molar-refractivity contribution in [3.63, 3.8) is 0 Å². The Morgan fingerprint density at radius 2 is 1.75 bits per heavy atom. The molecule has 3 aliphatic heterocycles. The van der Waals surface area contributed by atoms with Crippen molar-refractivity contribution in [3.05, 3.63) is 107 Å². The highest BCUT2D eigenvalue weighted by Crippen LogP contribution is 2.60. The summed E-state index contributed by atoms with van der Waals surface area (Å²) >= 11 is 6.62. The van der Waals surface area contributed by atoms with Crippen LogP contribution in [0, 0.1) is 5.92 Å². The highest BCUT2D eigenvalue weighted by Gasteiger charge is 2.66. The van der Waals surface area contributed by atoms with Crippen LogP contribution in [0.1, 0.15) is 24.5 Å². The number of anilines is 3. The molecule has 0 unspecified atom stereocenters. The normalized spacial score (nSPS) is 23.3. The molecule has 0 bridgehead atoms. The van der Waals surface area contributed by atoms with Crippen LogP contribution in [0.3, 0.4) is 0 Å². The molecule has 1 spiro atoms. The van der Waals surface area contributed by atoms with Gasteiger partial charge in [-0.05, 0) is 72.1 Å². The quantitative estimate of drug-likeness (QED) is 0.212. The molecule has 2 amide bonds. The monoisotopic (exact) mass is 682 g/mol. The number of amides is 2. The molecule has 8 nitrogen and oxygen atoms in total. The molecule has 0 aliphatic carbocycles. The fourth-order valence-electron chi connectivity index (χ4n) is 8.20. The van der Waals surface area contributed by atoms with E-state index in [4.69, 9.17) is 25.8 Å². The lowest BCUT2D eigenvalue weighted by Crippen LogP contribution is -2.51. The number of methoxy groups -OCH3 is 1. The molecule has 0 saturated carbocycles. The number of rotatable bonds is 8. The van der Waals surface area contributed by atoms with Crippen molar-refractivity contribution < 1.29 is 28.9 Å². The predicted octanol–water partition coefficient (Wildman–Crippen LogP) is 6.55. The average molecular weight is 683 g/mol. The van der Waals surface area contributed by atoms with Gasteiger partial charge in [0, 0.05) is 28.8 Å². The summed E-state index contributed by atoms with van der Waals surface area (Å²) in [4.78, 5) is 31.5. The molecule has 3 aliphatic rings. The molecule has 0 radical (unpaired) electrons. The van der Waals surface area contributed by atoms with E-state index in [0.717, 1.165) is 22.6 Å². The maximum absolute atomic E-state index is 15.0. The molecule has 10 heteroatoms. The molecule has 48 heavy (non-hydrogen) atoms. The summed E-state index contributed by atoms with van der Waals surface area (Å²) in [6.45, 7) is 6.92. The van der Waals surface area contributed by atoms with Crippen molar-refractivity contribution in [1.29, 1.82) is 0 Å². The van der Waals surface area contributed by atoms with Gasteiger partial charge in [-0.3, -0.25) is 14.5 Å². The number of halogens is 1. The minimum absolute atomic E-state index is 0.0181. The summed E-state index contributed by atoms with van der Waals surface area (Å²) in [7, 11) is -0.649. The second kappa shape index (κ2) is 12.4. The summed E-state index contributed by atoms with van der Waals surface area (Å²) in [5, 5.41) is 12.0. The number of carbonyl (C=O) groups excluding carboxylic acids is 2. The van der Waals surface area contributed by atoms with E-state index in [-0.39, 0.29) is 49.1 Å². The maximum Gasteiger partial charge on any atom is 0.269 e. The minimum Gasteiger partial charge on any atom is -0.497 e. The molecular formula is C38H39ClN2O6Si. The Labute approximate surface area is 286 Å². The van der Waals surface area contributed by atoms with E-state index in [1.807, 2.05) is 72.8 Å². The van der Waals surface area contributed by atoms with Crippen LogP contribution in [0.15, 0.2) is 91.0 Å². The van der Waals surface area contributed by atoms with E-state index in [1.54, 1.807) is 23.0 Å². The number of benzene rings is 4. The van der Waals surface area contributed by atoms with Crippen molar-refractivity contribution in [3.8, 4) is 11.5 Å². The zero-order valence-corrected chi connectivity index (χ0v) is 29.2. The van der Waals surface area contributed by atoms with Gasteiger partial charge in [0.2, 0.25) is 0 Å². The van der Waals surface area contributed by atoms with E-state index >= 15 is 0 Å². The summed E-state index contributed by atoms with van der Waals surface area (Å²) in [6.07, 6.45) is 0.0871. The van der Waals surface area contributed by atoms with Crippen LogP contribution in [0.25, 0.3) is 0 Å². The number of hydrogen-bond acceptors (Lipinski definition) is 6. The first-order valence-electron chi connectivity index (χ1n) is 16.3. The van der Waals surface area contributed by atoms with Crippen LogP contribution in [0.4, 0.5) is 17.1 Å². The van der Waals surface area contributed by atoms with E-state index < -0.39 is 13.7 Å². The molecular weight excluding hydrogens is 644 g/mol. The average Bonchev–Trinajstić information content (AvgIpc) is 3.51. The Hall–Kier alpha value is -4.15. The Bertz CT molecular complexity index is 1880. The highest BCUT2D eigenvalue weighted by atomic mass is 35.5. The Balaban J connectivity index is 1.26. The van der Waals surface area contributed by atoms with Gasteiger partial charge in [0.05, 0.1) is 39.2 Å². The van der Waals surface area contributed by atoms with Gasteiger partial charge in [0.15, 0.2) is 12.2 Å². The number of aliphatic hydroxyl groups is 1. The number of carbonyl (C=O) groups is 2. The van der Waals surface area contributed by atoms with Crippen molar-refractivity contribution in [2.75, 3.05) is 30.1 Å². The van der Waals surface area contributed by atoms with Crippen LogP contribution in [-0.2, 0) is 26.5 Å². The fraction of sp³-hybridized carbons (Fsp3) is 0.316. The largest absolute Gasteiger partial charge is 0.497 e. The van der Waals surface area contributed by atoms with Crippen LogP contribution in [0.2, 0.25) is 23.7 Å². The first-order valence-corrected chi connectivity index (χ1v) is 19.7. The van der Waals surface area contributed by atoms with Gasteiger partial charge in [-0.1, -0.05) is 73.2 Å². The highest BCUT2D eigenvalue weighted by molar-refractivity contribution is 6.91. The zero-order chi connectivity index (χ0) is 33.8. The number of ether oxygens (including phenoxy) is 3. The fourth-order valence-corrected chi connectivity index (χ4v) is 12.4. The number of hydrogen-bond donors (Lipinski definition) is 1. The molecule has 4 aromatic rings. The van der Waals surface area contributed by atoms with E-state index in [2.05, 4.69) is 32.2 Å². The molecule has 1 fully saturated rings. The van der Waals surface area contributed by atoms with E-state index in [0.29, 0.717) is 28.6 Å². The van der Waals surface area contributed by atoms with E-state index in [1.165, 1.54) is 5.19 Å². The second-order valence-corrected chi connectivity index (χ2v) is 18.5. The van der Waals surface area contributed by atoms with Gasteiger partial charge in [-0.25, -0.2) is 0 Å². The van der Waals surface area contributed by atoms with Crippen LogP contribution >= 0.6 is 11.6 Å². The molecule has 248 valence electrons. The molecule has 7 rings (SSSR count). The smallest absolute Gasteiger partial charge is 0.269 e. The SMILES string of the molecule is COc1ccc([Si](C)(C)[C@@H]2[C@@H](CCO)O[C@]3(C(=O)N(Cc4cccc(N5C(=O)COc6ccccc65)c4)c4ccc(Cl)cc43)[C@H]2C)cc1. The van der Waals surface area contributed by atoms with Gasteiger partial charge < -0.3 is 24.2 Å². The number of aliphatic hydroxyl groups excluding tert-OH is 1. The summed E-state index contributed by atoms with van der Waals surface area (Å²) < 4.78 is 18.1. The van der Waals surface area contributed by atoms with Crippen molar-refractivity contribution in [1.82, 2.24) is 0 Å². The first kappa shape index (κ1) is 32.4. The summed E-state index contributed by atoms with van der Waals surface area (Å²) in [5.41, 5.74) is 2.50. The van der Waals surface area contributed by atoms with Gasteiger partial charge in [-0.15, -0.1) is 0 Å². The second-order valence-electron chi connectivity index (χ2n) is 13.4. The Kier molecular flexibility index (Phi) is 8.36. The first-order chi connectivity index (χ1) is 23.1. The van der Waals surface area contributed by atoms with Gasteiger partial charge in [-0.2, -0.15) is 0 Å². The van der Waals surface area contributed by atoms with Gasteiger partial charge in [0.1, 0.15) is 11.5 Å². The van der Waals surface area contributed by atoms with Crippen LogP contribution in [-0.4, -0.2) is 51.4 Å². The topological polar surface area (TPSA) is 88.5 Å². The third kappa shape index (κ3) is 5.11. The minimum atomic E-state index is -2.30. The lowest BCUT2D eigenvalue weighted by atomic mass is 9.82. The molecule has 1 N–H and O–H groups in total. The van der Waals surface area contributed by atoms with Gasteiger partial charge >= 0.3 is 0 Å². The van der Waals surface area contributed by atoms with Crippen molar-refractivity contribution in [2.45, 2.75) is 50.2 Å². The molecule has 3 heterocycles. The summed E-state index contributed by atoms with van der Waals surface area (Å²) in [5.74, 6) is 0.918. The molecule has 1 saturated heterocycles. The lowest BCUT2D eigenvalue weighted by Gasteiger charge is -2.37. The van der Waals surface area contributed by atoms with E-state index in [9.17, 15) is 14.7 Å². The number of nitrogens with zero attached hydrogens (tertiary/aromatic N) is 2. The Morgan fingerprint density at radius 1 is 0.979 bits per heavy atom. The lowest BCUT2D eigenvalue weighted by molar-refractivity contribution is -0.146. The zero-order valence-electron chi connectivity index (χ0n) is 27.5. The molecule has 4 aromatic carbocycles. The molecule has 0 aromatic heterocycles. The number of para-hydroxylation sites is 2. The summed E-state index contributed by atoms with van der Waals surface area (Å²) in [6, 6.07) is 28.9. The number of fused-ring (bicyclic) bond motifs is 3. The standard InChI is InChI=1S/C38H39ClN2O6Si/c1-24-36(48(3,4)29-15-13-28(45-2)14-16-29)34(18-19-42)47-38(24)30-21-26(39)12-17-31(30)40(37(38)44)22-25-8-7-9-27(20-25)41-32-10-5-6-11-33(32)46-23-35(41)43/h5-17,20-21,24,34,36,42H,18-19,22-23H2,1-4H3/t24-,34+,36-,38+/m0/s1. The van der Waals surface area contributed by atoms with Crippen molar-refractivity contribution >= 4 is 53.7 Å². The van der Waals surface area contributed by atoms with Crippen molar-refractivity contribution in [2.24, 2.45) is 5.92 Å². The predicted molar refractivity (Wildman–Crippen MR) is 189 cm³/mol. The third-order valence-electron chi connectivity index (χ3n) is 10.4. The Morgan fingerprint density at radius 3 is 2.50 bits per heavy atom. The maximum atomic E-state index is 15.0. The van der Waals surface area contributed by atoms with Gasteiger partial charge in [0.25, 0.3) is 11.8 Å². The van der Waals surface area contributed by atoms with Crippen LogP contribution in [0.5, 0.6) is 11.5 Å². The third-order valence-corrected chi connectivity index (χ3v) is 15.0. The van der Waals surface area contributed by atoms with Crippen LogP contribution < -0.4 is 24.5 Å².